The summed E-state index contributed by atoms with van der Waals surface area (Å²) >= 11 is 0. The minimum atomic E-state index is 0.512. The molecule has 1 saturated carbocycles. The highest BCUT2D eigenvalue weighted by atomic mass is 15.2. The highest BCUT2D eigenvalue weighted by Gasteiger charge is 2.37. The lowest BCUT2D eigenvalue weighted by atomic mass is 9.64. The van der Waals surface area contributed by atoms with Crippen LogP contribution in [0.15, 0.2) is 24.3 Å². The third-order valence-corrected chi connectivity index (χ3v) is 8.19. The number of rotatable bonds is 7. The summed E-state index contributed by atoms with van der Waals surface area (Å²) in [5.74, 6) is 2.97. The van der Waals surface area contributed by atoms with Gasteiger partial charge >= 0.3 is 0 Å². The molecular formula is C28H48N4. The molecule has 0 amide bonds. The molecule has 0 bridgehead atoms. The first kappa shape index (κ1) is 25.2. The van der Waals surface area contributed by atoms with E-state index in [1.807, 2.05) is 13.8 Å². The first-order chi connectivity index (χ1) is 15.5. The number of hydrogen-bond donors (Lipinski definition) is 1. The minimum absolute atomic E-state index is 0.512. The van der Waals surface area contributed by atoms with Crippen LogP contribution in [0.3, 0.4) is 0 Å². The largest absolute Gasteiger partial charge is 0.325 e. The Morgan fingerprint density at radius 3 is 2.53 bits per heavy atom. The lowest BCUT2D eigenvalue weighted by Crippen LogP contribution is -2.43. The average molecular weight is 441 g/mol. The van der Waals surface area contributed by atoms with Gasteiger partial charge in [-0.3, -0.25) is 0 Å². The maximum Gasteiger partial charge on any atom is 0.111 e. The van der Waals surface area contributed by atoms with Gasteiger partial charge in [0.1, 0.15) is 5.82 Å². The second kappa shape index (κ2) is 11.7. The number of hydrogen-bond acceptors (Lipinski definition) is 3. The maximum atomic E-state index is 5.01. The third kappa shape index (κ3) is 5.75. The number of para-hydroxylation sites is 2. The highest BCUT2D eigenvalue weighted by Crippen LogP contribution is 2.44. The minimum Gasteiger partial charge on any atom is -0.325 e. The van der Waals surface area contributed by atoms with E-state index >= 15 is 0 Å². The van der Waals surface area contributed by atoms with Crippen molar-refractivity contribution in [2.24, 2.45) is 17.3 Å². The number of likely N-dealkylation sites (tertiary alicyclic amines) is 1. The Morgan fingerprint density at radius 1 is 1.09 bits per heavy atom. The van der Waals surface area contributed by atoms with Crippen molar-refractivity contribution in [2.75, 3.05) is 32.7 Å². The van der Waals surface area contributed by atoms with Crippen molar-refractivity contribution in [3.05, 3.63) is 30.1 Å². The molecule has 4 rings (SSSR count). The van der Waals surface area contributed by atoms with Crippen LogP contribution in [0.1, 0.15) is 85.5 Å². The van der Waals surface area contributed by atoms with Crippen LogP contribution >= 0.6 is 0 Å². The molecule has 1 saturated heterocycles. The lowest BCUT2D eigenvalue weighted by molar-refractivity contribution is 0.0519. The number of fused-ring (bicyclic) bond motifs is 1. The van der Waals surface area contributed by atoms with E-state index in [2.05, 4.69) is 66.7 Å². The summed E-state index contributed by atoms with van der Waals surface area (Å²) in [7, 11) is 0. The number of nitrogens with one attached hydrogen (secondary N) is 1. The average Bonchev–Trinajstić information content (AvgIpc) is 3.17. The monoisotopic (exact) mass is 440 g/mol. The van der Waals surface area contributed by atoms with E-state index in [0.717, 1.165) is 36.9 Å². The lowest BCUT2D eigenvalue weighted by Gasteiger charge is -2.45. The Morgan fingerprint density at radius 2 is 1.81 bits per heavy atom. The van der Waals surface area contributed by atoms with Gasteiger partial charge in [0.2, 0.25) is 0 Å². The molecule has 1 aliphatic carbocycles. The first-order valence-corrected chi connectivity index (χ1v) is 13.4. The topological polar surface area (TPSA) is 33.1 Å². The molecule has 2 aliphatic rings. The number of benzene rings is 1. The third-order valence-electron chi connectivity index (χ3n) is 8.19. The standard InChI is InChI=1S/C26H42N4.C2H6/c1-5-27-16-12-25-28-23-10-6-7-11-24(23)30(25)22-13-17-29(18-14-22)19-21-9-8-15-26(3,4)20(21)2;1-2/h6-7,10-11,20-22,27H,5,8-9,12-19H2,1-4H3;1-2H3. The van der Waals surface area contributed by atoms with Gasteiger partial charge in [0.25, 0.3) is 0 Å². The summed E-state index contributed by atoms with van der Waals surface area (Å²) in [4.78, 5) is 7.77. The molecule has 2 aromatic rings. The highest BCUT2D eigenvalue weighted by molar-refractivity contribution is 5.76. The number of nitrogens with zero attached hydrogens (tertiary/aromatic N) is 3. The Kier molecular flexibility index (Phi) is 9.19. The molecule has 2 atom stereocenters. The van der Waals surface area contributed by atoms with Gasteiger partial charge in [0, 0.05) is 38.6 Å². The second-order valence-corrected chi connectivity index (χ2v) is 10.5. The SMILES string of the molecule is CC.CCNCCc1nc2ccccc2n1C1CCN(CC2CCCC(C)(C)C2C)CC1. The number of piperidine rings is 1. The maximum absolute atomic E-state index is 5.01. The van der Waals surface area contributed by atoms with E-state index in [1.165, 1.54) is 63.1 Å². The summed E-state index contributed by atoms with van der Waals surface area (Å²) in [5.41, 5.74) is 2.99. The van der Waals surface area contributed by atoms with Gasteiger partial charge in [0.15, 0.2) is 0 Å². The van der Waals surface area contributed by atoms with Crippen molar-refractivity contribution in [3.8, 4) is 0 Å². The van der Waals surface area contributed by atoms with Gasteiger partial charge in [-0.1, -0.05) is 60.1 Å². The van der Waals surface area contributed by atoms with Gasteiger partial charge in [-0.25, -0.2) is 4.98 Å². The smallest absolute Gasteiger partial charge is 0.111 e. The van der Waals surface area contributed by atoms with Crippen LogP contribution in [0, 0.1) is 17.3 Å². The zero-order chi connectivity index (χ0) is 23.1. The summed E-state index contributed by atoms with van der Waals surface area (Å²) in [6.45, 7) is 19.4. The Labute approximate surface area is 197 Å². The number of likely N-dealkylation sites (N-methyl/N-ethyl adjacent to an activating group) is 1. The van der Waals surface area contributed by atoms with E-state index < -0.39 is 0 Å². The predicted octanol–water partition coefficient (Wildman–Crippen LogP) is 6.31. The molecule has 1 aromatic heterocycles. The molecule has 1 aromatic carbocycles. The van der Waals surface area contributed by atoms with E-state index in [-0.39, 0.29) is 0 Å². The fraction of sp³-hybridized carbons (Fsp3) is 0.750. The molecule has 4 heteroatoms. The number of imidazole rings is 1. The molecule has 0 radical (unpaired) electrons. The van der Waals surface area contributed by atoms with Crippen LogP contribution in [0.2, 0.25) is 0 Å². The molecule has 1 N–H and O–H groups in total. The summed E-state index contributed by atoms with van der Waals surface area (Å²) in [6, 6.07) is 9.30. The van der Waals surface area contributed by atoms with Crippen LogP contribution in [0.5, 0.6) is 0 Å². The molecule has 2 unspecified atom stereocenters. The molecule has 180 valence electrons. The predicted molar refractivity (Wildman–Crippen MR) is 138 cm³/mol. The van der Waals surface area contributed by atoms with Crippen molar-refractivity contribution in [1.82, 2.24) is 19.8 Å². The van der Waals surface area contributed by atoms with Gasteiger partial charge in [-0.05, 0) is 61.6 Å². The van der Waals surface area contributed by atoms with Crippen molar-refractivity contribution in [3.63, 3.8) is 0 Å². The van der Waals surface area contributed by atoms with Crippen molar-refractivity contribution in [2.45, 2.75) is 86.1 Å². The van der Waals surface area contributed by atoms with Gasteiger partial charge in [0.05, 0.1) is 11.0 Å². The van der Waals surface area contributed by atoms with Crippen molar-refractivity contribution >= 4 is 11.0 Å². The fourth-order valence-corrected chi connectivity index (χ4v) is 5.93. The molecule has 4 nitrogen and oxygen atoms in total. The number of aromatic nitrogens is 2. The first-order valence-electron chi connectivity index (χ1n) is 13.4. The molecule has 2 heterocycles. The van der Waals surface area contributed by atoms with Crippen LogP contribution in [-0.2, 0) is 6.42 Å². The van der Waals surface area contributed by atoms with Crippen LogP contribution in [-0.4, -0.2) is 47.2 Å². The van der Waals surface area contributed by atoms with Gasteiger partial charge < -0.3 is 14.8 Å². The Bertz CT molecular complexity index is 816. The van der Waals surface area contributed by atoms with Crippen molar-refractivity contribution in [1.29, 1.82) is 0 Å². The van der Waals surface area contributed by atoms with Crippen LogP contribution in [0.4, 0.5) is 0 Å². The quantitative estimate of drug-likeness (QED) is 0.512. The summed E-state index contributed by atoms with van der Waals surface area (Å²) < 4.78 is 2.58. The Hall–Kier alpha value is -1.39. The van der Waals surface area contributed by atoms with Crippen molar-refractivity contribution < 1.29 is 0 Å². The van der Waals surface area contributed by atoms with E-state index in [1.54, 1.807) is 0 Å². The van der Waals surface area contributed by atoms with Gasteiger partial charge in [-0.2, -0.15) is 0 Å². The molecule has 2 fully saturated rings. The zero-order valence-corrected chi connectivity index (χ0v) is 21.7. The second-order valence-electron chi connectivity index (χ2n) is 10.5. The summed E-state index contributed by atoms with van der Waals surface area (Å²) in [6.07, 6.45) is 7.74. The van der Waals surface area contributed by atoms with Crippen LogP contribution in [0.25, 0.3) is 11.0 Å². The molecular weight excluding hydrogens is 392 g/mol. The van der Waals surface area contributed by atoms with E-state index in [9.17, 15) is 0 Å². The molecule has 0 spiro atoms. The van der Waals surface area contributed by atoms with E-state index in [0.29, 0.717) is 11.5 Å². The zero-order valence-electron chi connectivity index (χ0n) is 21.7. The normalized spacial score (nSPS) is 24.3. The molecule has 32 heavy (non-hydrogen) atoms. The fourth-order valence-electron chi connectivity index (χ4n) is 5.93. The molecule has 1 aliphatic heterocycles. The van der Waals surface area contributed by atoms with Gasteiger partial charge in [-0.15, -0.1) is 0 Å². The summed E-state index contributed by atoms with van der Waals surface area (Å²) in [5, 5.41) is 3.47. The van der Waals surface area contributed by atoms with E-state index in [4.69, 9.17) is 4.98 Å². The Balaban J connectivity index is 0.00000141. The van der Waals surface area contributed by atoms with Crippen LogP contribution < -0.4 is 5.32 Å².